The van der Waals surface area contributed by atoms with E-state index in [4.69, 9.17) is 0 Å². The summed E-state index contributed by atoms with van der Waals surface area (Å²) < 4.78 is 0. The van der Waals surface area contributed by atoms with Gasteiger partial charge in [0.05, 0.1) is 0 Å². The molecule has 2 aromatic carbocycles. The zero-order chi connectivity index (χ0) is 17.3. The Kier molecular flexibility index (Phi) is 5.17. The molecule has 0 unspecified atom stereocenters. The topological polar surface area (TPSA) is 6.48 Å². The van der Waals surface area contributed by atoms with E-state index in [1.54, 1.807) is 0 Å². The molecule has 1 heterocycles. The van der Waals surface area contributed by atoms with Crippen molar-refractivity contribution in [2.24, 2.45) is 0 Å². The Hall–Kier alpha value is -1.51. The zero-order valence-corrected chi connectivity index (χ0v) is 15.6. The van der Waals surface area contributed by atoms with Gasteiger partial charge >= 0.3 is 0 Å². The van der Waals surface area contributed by atoms with Gasteiger partial charge in [-0.05, 0) is 33.4 Å². The van der Waals surface area contributed by atoms with Crippen LogP contribution in [0.4, 0.5) is 0 Å². The molecule has 2 nitrogen and oxygen atoms in total. The molecular weight excluding hydrogens is 290 g/mol. The molecule has 0 aromatic heterocycles. The van der Waals surface area contributed by atoms with E-state index in [0.29, 0.717) is 31.5 Å². The molecule has 1 aliphatic heterocycles. The summed E-state index contributed by atoms with van der Waals surface area (Å²) in [6.45, 7) is 12.5. The van der Waals surface area contributed by atoms with Gasteiger partial charge in [-0.2, -0.15) is 0 Å². The van der Waals surface area contributed by atoms with Crippen molar-refractivity contribution in [1.29, 1.82) is 0 Å². The number of nitrogens with zero attached hydrogens (tertiary/aromatic N) is 2. The van der Waals surface area contributed by atoms with Crippen molar-refractivity contribution < 1.29 is 0 Å². The fourth-order valence-corrected chi connectivity index (χ4v) is 4.33. The summed E-state index contributed by atoms with van der Waals surface area (Å²) in [6.07, 6.45) is 0. The first-order chi connectivity index (χ1) is 11.5. The second-order valence-electron chi connectivity index (χ2n) is 7.52. The highest BCUT2D eigenvalue weighted by Crippen LogP contribution is 2.33. The number of hydrazine groups is 1. The van der Waals surface area contributed by atoms with E-state index >= 15 is 0 Å². The van der Waals surface area contributed by atoms with Gasteiger partial charge in [-0.3, -0.25) is 9.84 Å². The highest BCUT2D eigenvalue weighted by atomic mass is 15.6. The second kappa shape index (κ2) is 7.16. The Morgan fingerprint density at radius 2 is 1.00 bits per heavy atom. The van der Waals surface area contributed by atoms with Crippen LogP contribution in [-0.4, -0.2) is 35.6 Å². The average molecular weight is 318 g/mol. The van der Waals surface area contributed by atoms with Crippen LogP contribution < -0.4 is 10.9 Å². The molecule has 0 atom stereocenters. The minimum Gasteiger partial charge on any atom is -0.283 e. The standard InChI is InChI=1S/C20H28B2N2/c1-16(2)23-21(19-12-8-6-9-13-19)18(5)22(24(23)17(3)4)20-14-10-7-11-15-20/h6-18H,1-5H3. The van der Waals surface area contributed by atoms with Gasteiger partial charge in [-0.15, -0.1) is 0 Å². The van der Waals surface area contributed by atoms with Crippen LogP contribution in [0, 0.1) is 0 Å². The first-order valence-corrected chi connectivity index (χ1v) is 9.18. The molecular formula is C20H28B2N2. The molecule has 1 saturated heterocycles. The van der Waals surface area contributed by atoms with Crippen LogP contribution in [0.1, 0.15) is 34.6 Å². The molecule has 124 valence electrons. The van der Waals surface area contributed by atoms with Crippen molar-refractivity contribution in [3.63, 3.8) is 0 Å². The van der Waals surface area contributed by atoms with Gasteiger partial charge in [-0.1, -0.05) is 78.5 Å². The monoisotopic (exact) mass is 318 g/mol. The van der Waals surface area contributed by atoms with Crippen LogP contribution in [0.2, 0.25) is 5.72 Å². The molecule has 0 aliphatic carbocycles. The Balaban J connectivity index is 2.10. The van der Waals surface area contributed by atoms with E-state index < -0.39 is 0 Å². The summed E-state index contributed by atoms with van der Waals surface area (Å²) >= 11 is 0. The van der Waals surface area contributed by atoms with E-state index in [1.165, 1.54) is 10.9 Å². The Morgan fingerprint density at radius 1 is 0.667 bits per heavy atom. The molecule has 0 bridgehead atoms. The van der Waals surface area contributed by atoms with Crippen LogP contribution in [-0.2, 0) is 0 Å². The number of hydrogen-bond donors (Lipinski definition) is 0. The van der Waals surface area contributed by atoms with Crippen molar-refractivity contribution in [3.8, 4) is 0 Å². The number of benzene rings is 2. The molecule has 0 saturated carbocycles. The third-order valence-corrected chi connectivity index (χ3v) is 5.17. The van der Waals surface area contributed by atoms with Crippen molar-refractivity contribution >= 4 is 24.6 Å². The molecule has 1 fully saturated rings. The third-order valence-electron chi connectivity index (χ3n) is 5.17. The molecule has 0 N–H and O–H groups in total. The van der Waals surface area contributed by atoms with Crippen molar-refractivity contribution in [3.05, 3.63) is 60.7 Å². The molecule has 24 heavy (non-hydrogen) atoms. The summed E-state index contributed by atoms with van der Waals surface area (Å²) in [6, 6.07) is 22.9. The van der Waals surface area contributed by atoms with E-state index in [9.17, 15) is 0 Å². The van der Waals surface area contributed by atoms with Crippen LogP contribution in [0.3, 0.4) is 0 Å². The molecule has 0 amide bonds. The first kappa shape index (κ1) is 17.3. The summed E-state index contributed by atoms with van der Waals surface area (Å²) in [5.74, 6) is 0. The zero-order valence-electron chi connectivity index (χ0n) is 15.6. The smallest absolute Gasteiger partial charge is 0.270 e. The molecule has 2 aromatic rings. The maximum atomic E-state index is 2.61. The van der Waals surface area contributed by atoms with Gasteiger partial charge in [0.1, 0.15) is 0 Å². The normalized spacial score (nSPS) is 17.5. The van der Waals surface area contributed by atoms with Crippen LogP contribution in [0.5, 0.6) is 0 Å². The predicted molar refractivity (Wildman–Crippen MR) is 107 cm³/mol. The highest BCUT2D eigenvalue weighted by Gasteiger charge is 2.52. The lowest BCUT2D eigenvalue weighted by Gasteiger charge is -2.40. The summed E-state index contributed by atoms with van der Waals surface area (Å²) in [5, 5.41) is 0. The number of hydrogen-bond acceptors (Lipinski definition) is 2. The maximum Gasteiger partial charge on any atom is 0.270 e. The fraction of sp³-hybridized carbons (Fsp3) is 0.400. The minimum absolute atomic E-state index is 0.416. The van der Waals surface area contributed by atoms with E-state index in [-0.39, 0.29) is 0 Å². The fourth-order valence-electron chi connectivity index (χ4n) is 4.33. The minimum atomic E-state index is 0.416. The van der Waals surface area contributed by atoms with E-state index in [1.807, 2.05) is 0 Å². The lowest BCUT2D eigenvalue weighted by molar-refractivity contribution is 0.0988. The molecule has 4 heteroatoms. The lowest BCUT2D eigenvalue weighted by atomic mass is 9.30. The van der Waals surface area contributed by atoms with Gasteiger partial charge in [0.25, 0.3) is 13.7 Å². The van der Waals surface area contributed by atoms with Gasteiger partial charge < -0.3 is 0 Å². The van der Waals surface area contributed by atoms with Gasteiger partial charge in [0, 0.05) is 12.1 Å². The van der Waals surface area contributed by atoms with Gasteiger partial charge in [0.2, 0.25) is 0 Å². The molecule has 1 aliphatic rings. The predicted octanol–water partition coefficient (Wildman–Crippen LogP) is 3.06. The maximum absolute atomic E-state index is 2.61. The largest absolute Gasteiger partial charge is 0.283 e. The second-order valence-corrected chi connectivity index (χ2v) is 7.52. The first-order valence-electron chi connectivity index (χ1n) is 9.18. The third kappa shape index (κ3) is 3.05. The Morgan fingerprint density at radius 3 is 1.29 bits per heavy atom. The van der Waals surface area contributed by atoms with E-state index in [2.05, 4.69) is 105 Å². The summed E-state index contributed by atoms with van der Waals surface area (Å²) in [7, 11) is 0. The Labute approximate surface area is 148 Å². The molecule has 3 rings (SSSR count). The van der Waals surface area contributed by atoms with Gasteiger partial charge in [-0.25, -0.2) is 0 Å². The quantitative estimate of drug-likeness (QED) is 0.800. The summed E-state index contributed by atoms with van der Waals surface area (Å²) in [4.78, 5) is 5.23. The lowest BCUT2D eigenvalue weighted by Crippen LogP contribution is -2.58. The average Bonchev–Trinajstić information content (AvgIpc) is 2.90. The van der Waals surface area contributed by atoms with Crippen molar-refractivity contribution in [1.82, 2.24) is 9.84 Å². The van der Waals surface area contributed by atoms with Crippen LogP contribution >= 0.6 is 0 Å². The van der Waals surface area contributed by atoms with E-state index in [0.717, 1.165) is 0 Å². The Bertz CT molecular complexity index is 588. The van der Waals surface area contributed by atoms with Crippen LogP contribution in [0.15, 0.2) is 60.7 Å². The SMILES string of the molecule is CC1B(c2ccccc2)N(C(C)C)N(C(C)C)B1c1ccccc1. The van der Waals surface area contributed by atoms with Crippen LogP contribution in [0.25, 0.3) is 0 Å². The van der Waals surface area contributed by atoms with Gasteiger partial charge in [0.15, 0.2) is 0 Å². The van der Waals surface area contributed by atoms with Crippen molar-refractivity contribution in [2.75, 3.05) is 0 Å². The number of rotatable bonds is 4. The summed E-state index contributed by atoms with van der Waals surface area (Å²) in [5.41, 5.74) is 3.37. The molecule has 0 spiro atoms. The highest BCUT2D eigenvalue weighted by molar-refractivity contribution is 6.92. The van der Waals surface area contributed by atoms with Crippen molar-refractivity contribution in [2.45, 2.75) is 52.4 Å². The molecule has 0 radical (unpaired) electrons.